The number of guanidine groups is 1. The van der Waals surface area contributed by atoms with Crippen LogP contribution in [0.1, 0.15) is 23.9 Å². The Morgan fingerprint density at radius 1 is 1.18 bits per heavy atom. The number of hydrogen-bond donors (Lipinski definition) is 2. The van der Waals surface area contributed by atoms with Crippen molar-refractivity contribution in [1.29, 1.82) is 0 Å². The summed E-state index contributed by atoms with van der Waals surface area (Å²) in [4.78, 5) is 4.22. The maximum absolute atomic E-state index is 4.22. The third kappa shape index (κ3) is 4.97. The second-order valence-corrected chi connectivity index (χ2v) is 4.76. The van der Waals surface area contributed by atoms with Crippen molar-refractivity contribution >= 4 is 29.9 Å². The molecule has 0 bridgehead atoms. The molecule has 0 aliphatic carbocycles. The topological polar surface area (TPSA) is 67.1 Å². The number of hydrogen-bond acceptors (Lipinski definition) is 3. The van der Waals surface area contributed by atoms with Gasteiger partial charge < -0.3 is 15.2 Å². The zero-order chi connectivity index (χ0) is 15.1. The lowest BCUT2D eigenvalue weighted by Gasteiger charge is -2.13. The zero-order valence-electron chi connectivity index (χ0n) is 13.2. The summed E-state index contributed by atoms with van der Waals surface area (Å²) in [6, 6.07) is 8.43. The van der Waals surface area contributed by atoms with Gasteiger partial charge in [0.1, 0.15) is 6.33 Å². The molecule has 120 valence electrons. The van der Waals surface area contributed by atoms with Crippen molar-refractivity contribution < 1.29 is 0 Å². The Kier molecular flexibility index (Phi) is 7.86. The summed E-state index contributed by atoms with van der Waals surface area (Å²) in [6.45, 7) is 3.51. The molecule has 0 atom stereocenters. The predicted molar refractivity (Wildman–Crippen MR) is 99.3 cm³/mol. The van der Waals surface area contributed by atoms with E-state index < -0.39 is 0 Å². The first-order valence-corrected chi connectivity index (χ1v) is 7.08. The standard InChI is InChI=1S/C15H22N6.HI/c1-4-12-7-5-6-8-13(12)9-17-15(16-2)18-10-14-20-19-11-21(14)3;/h5-8,11H,4,9-10H2,1-3H3,(H2,16,17,18);1H. The molecule has 2 aromatic rings. The average molecular weight is 414 g/mol. The predicted octanol–water partition coefficient (Wildman–Crippen LogP) is 1.86. The first-order chi connectivity index (χ1) is 10.2. The van der Waals surface area contributed by atoms with Gasteiger partial charge >= 0.3 is 0 Å². The van der Waals surface area contributed by atoms with E-state index in [4.69, 9.17) is 0 Å². The summed E-state index contributed by atoms with van der Waals surface area (Å²) >= 11 is 0. The fourth-order valence-electron chi connectivity index (χ4n) is 2.10. The van der Waals surface area contributed by atoms with Gasteiger partial charge in [-0.25, -0.2) is 0 Å². The maximum Gasteiger partial charge on any atom is 0.191 e. The van der Waals surface area contributed by atoms with Gasteiger partial charge in [0.2, 0.25) is 0 Å². The Bertz CT molecular complexity index is 608. The molecule has 22 heavy (non-hydrogen) atoms. The van der Waals surface area contributed by atoms with Crippen LogP contribution in [0.2, 0.25) is 0 Å². The van der Waals surface area contributed by atoms with Crippen molar-refractivity contribution in [2.75, 3.05) is 7.05 Å². The van der Waals surface area contributed by atoms with E-state index in [9.17, 15) is 0 Å². The van der Waals surface area contributed by atoms with Crippen LogP contribution in [0, 0.1) is 0 Å². The number of nitrogens with one attached hydrogen (secondary N) is 2. The van der Waals surface area contributed by atoms with Gasteiger partial charge in [-0.05, 0) is 17.5 Å². The number of rotatable bonds is 5. The SMILES string of the molecule is CCc1ccccc1CNC(=NC)NCc1nncn1C.I. The normalized spacial score (nSPS) is 11.0. The van der Waals surface area contributed by atoms with Gasteiger partial charge in [-0.1, -0.05) is 31.2 Å². The Balaban J connectivity index is 0.00000242. The van der Waals surface area contributed by atoms with E-state index in [2.05, 4.69) is 57.0 Å². The summed E-state index contributed by atoms with van der Waals surface area (Å²) < 4.78 is 1.88. The Morgan fingerprint density at radius 3 is 2.45 bits per heavy atom. The van der Waals surface area contributed by atoms with Crippen LogP contribution in [-0.4, -0.2) is 27.8 Å². The van der Waals surface area contributed by atoms with Crippen molar-refractivity contribution in [3.8, 4) is 0 Å². The van der Waals surface area contributed by atoms with Crippen molar-refractivity contribution in [1.82, 2.24) is 25.4 Å². The second-order valence-electron chi connectivity index (χ2n) is 4.76. The van der Waals surface area contributed by atoms with Crippen LogP contribution in [0.25, 0.3) is 0 Å². The number of aromatic nitrogens is 3. The van der Waals surface area contributed by atoms with Crippen LogP contribution < -0.4 is 10.6 Å². The average Bonchev–Trinajstić information content (AvgIpc) is 2.93. The molecule has 0 amide bonds. The van der Waals surface area contributed by atoms with E-state index >= 15 is 0 Å². The van der Waals surface area contributed by atoms with Crippen molar-refractivity contribution in [2.24, 2.45) is 12.0 Å². The molecule has 0 saturated carbocycles. The summed E-state index contributed by atoms with van der Waals surface area (Å²) in [5.41, 5.74) is 2.65. The molecule has 0 aliphatic heterocycles. The maximum atomic E-state index is 4.22. The molecule has 7 heteroatoms. The van der Waals surface area contributed by atoms with E-state index in [-0.39, 0.29) is 24.0 Å². The molecule has 0 aliphatic rings. The van der Waals surface area contributed by atoms with E-state index in [1.165, 1.54) is 11.1 Å². The molecular weight excluding hydrogens is 391 g/mol. The van der Waals surface area contributed by atoms with Gasteiger partial charge in [0.05, 0.1) is 6.54 Å². The van der Waals surface area contributed by atoms with E-state index in [0.717, 1.165) is 24.7 Å². The Morgan fingerprint density at radius 2 is 1.86 bits per heavy atom. The third-order valence-corrected chi connectivity index (χ3v) is 3.39. The van der Waals surface area contributed by atoms with Crippen LogP contribution >= 0.6 is 24.0 Å². The molecule has 1 heterocycles. The first kappa shape index (κ1) is 18.4. The number of aliphatic imine (C=N–C) groups is 1. The van der Waals surface area contributed by atoms with Crippen LogP contribution in [0.5, 0.6) is 0 Å². The minimum Gasteiger partial charge on any atom is -0.352 e. The number of halogens is 1. The molecule has 2 N–H and O–H groups in total. The van der Waals surface area contributed by atoms with Crippen molar-refractivity contribution in [3.63, 3.8) is 0 Å². The summed E-state index contributed by atoms with van der Waals surface area (Å²) in [5.74, 6) is 1.62. The Labute approximate surface area is 148 Å². The molecule has 0 unspecified atom stereocenters. The van der Waals surface area contributed by atoms with Crippen LogP contribution in [0.3, 0.4) is 0 Å². The molecule has 6 nitrogen and oxygen atoms in total. The molecule has 0 spiro atoms. The van der Waals surface area contributed by atoms with Crippen LogP contribution in [0.15, 0.2) is 35.6 Å². The van der Waals surface area contributed by atoms with Gasteiger partial charge in [0.25, 0.3) is 0 Å². The molecule has 1 aromatic heterocycles. The minimum absolute atomic E-state index is 0. The van der Waals surface area contributed by atoms with E-state index in [1.54, 1.807) is 13.4 Å². The molecule has 0 radical (unpaired) electrons. The lowest BCUT2D eigenvalue weighted by Crippen LogP contribution is -2.37. The van der Waals surface area contributed by atoms with Gasteiger partial charge in [-0.3, -0.25) is 4.99 Å². The number of aryl methyl sites for hydroxylation is 2. The monoisotopic (exact) mass is 414 g/mol. The lowest BCUT2D eigenvalue weighted by atomic mass is 10.1. The lowest BCUT2D eigenvalue weighted by molar-refractivity contribution is 0.724. The summed E-state index contributed by atoms with van der Waals surface area (Å²) in [5, 5.41) is 14.4. The fourth-order valence-corrected chi connectivity index (χ4v) is 2.10. The highest BCUT2D eigenvalue weighted by Crippen LogP contribution is 2.08. The van der Waals surface area contributed by atoms with E-state index in [0.29, 0.717) is 6.54 Å². The fraction of sp³-hybridized carbons (Fsp3) is 0.400. The van der Waals surface area contributed by atoms with Crippen LogP contribution in [0.4, 0.5) is 0 Å². The molecule has 0 fully saturated rings. The molecular formula is C15H23IN6. The van der Waals surface area contributed by atoms with Gasteiger partial charge in [-0.15, -0.1) is 34.2 Å². The molecule has 2 rings (SSSR count). The number of benzene rings is 1. The highest BCUT2D eigenvalue weighted by molar-refractivity contribution is 14.0. The highest BCUT2D eigenvalue weighted by atomic mass is 127. The van der Waals surface area contributed by atoms with Gasteiger partial charge in [0.15, 0.2) is 11.8 Å². The van der Waals surface area contributed by atoms with Gasteiger partial charge in [-0.2, -0.15) is 0 Å². The second kappa shape index (κ2) is 9.39. The molecule has 0 saturated heterocycles. The minimum atomic E-state index is 0. The van der Waals surface area contributed by atoms with Crippen molar-refractivity contribution in [3.05, 3.63) is 47.5 Å². The van der Waals surface area contributed by atoms with Crippen LogP contribution in [-0.2, 0) is 26.6 Å². The smallest absolute Gasteiger partial charge is 0.191 e. The largest absolute Gasteiger partial charge is 0.352 e. The third-order valence-electron chi connectivity index (χ3n) is 3.39. The summed E-state index contributed by atoms with van der Waals surface area (Å²) in [7, 11) is 3.68. The zero-order valence-corrected chi connectivity index (χ0v) is 15.5. The quantitative estimate of drug-likeness (QED) is 0.446. The number of nitrogens with zero attached hydrogens (tertiary/aromatic N) is 4. The van der Waals surface area contributed by atoms with E-state index in [1.807, 2.05) is 11.6 Å². The van der Waals surface area contributed by atoms with Crippen molar-refractivity contribution in [2.45, 2.75) is 26.4 Å². The first-order valence-electron chi connectivity index (χ1n) is 7.08. The summed E-state index contributed by atoms with van der Waals surface area (Å²) in [6.07, 6.45) is 2.72. The molecule has 1 aromatic carbocycles. The highest BCUT2D eigenvalue weighted by Gasteiger charge is 2.04. The van der Waals surface area contributed by atoms with Gasteiger partial charge in [0, 0.05) is 20.6 Å². The Hall–Kier alpha value is -1.64.